The van der Waals surface area contributed by atoms with Gasteiger partial charge < -0.3 is 0 Å². The van der Waals surface area contributed by atoms with Crippen molar-refractivity contribution in [2.75, 3.05) is 9.80 Å². The van der Waals surface area contributed by atoms with Gasteiger partial charge >= 0.3 is 0 Å². The second kappa shape index (κ2) is 28.6. The quantitative estimate of drug-likeness (QED) is 0.151. The lowest BCUT2D eigenvalue weighted by atomic mass is 10.0. The lowest BCUT2D eigenvalue weighted by molar-refractivity contribution is 1.02. The maximum Gasteiger partial charge on any atom is 0.140 e. The lowest BCUT2D eigenvalue weighted by Gasteiger charge is -2.31. The third-order valence-electron chi connectivity index (χ3n) is 13.0. The second-order valence-corrected chi connectivity index (χ2v) is 19.2. The first kappa shape index (κ1) is 55.0. The van der Waals surface area contributed by atoms with Crippen molar-refractivity contribution in [2.45, 2.75) is 68.2 Å². The summed E-state index contributed by atoms with van der Waals surface area (Å²) >= 11 is 0. The monoisotopic (exact) mass is 992 g/mol. The Balaban J connectivity index is 0.000000239. The van der Waals surface area contributed by atoms with Crippen LogP contribution < -0.4 is 9.80 Å². The van der Waals surface area contributed by atoms with Crippen molar-refractivity contribution in [1.82, 2.24) is 4.98 Å². The minimum atomic E-state index is 0.856. The number of hydrogen-bond donors (Lipinski definition) is 0. The fourth-order valence-corrected chi connectivity index (χ4v) is 8.82. The normalized spacial score (nSPS) is 11.1. The first-order valence-corrected chi connectivity index (χ1v) is 26.4. The Morgan fingerprint density at radius 3 is 0.921 bits per heavy atom. The highest BCUT2D eigenvalue weighted by Crippen LogP contribution is 2.43. The second-order valence-electron chi connectivity index (χ2n) is 19.2. The third-order valence-corrected chi connectivity index (χ3v) is 13.0. The van der Waals surface area contributed by atoms with Gasteiger partial charge in [0.25, 0.3) is 0 Å². The van der Waals surface area contributed by atoms with Crippen molar-refractivity contribution in [3.05, 3.63) is 318 Å². The summed E-state index contributed by atoms with van der Waals surface area (Å²) in [5, 5.41) is 0. The summed E-state index contributed by atoms with van der Waals surface area (Å²) in [5.74, 6) is 1.71. The molecule has 0 unspecified atom stereocenters. The largest absolute Gasteiger partial charge is 0.294 e. The van der Waals surface area contributed by atoms with Gasteiger partial charge in [0, 0.05) is 0 Å². The van der Waals surface area contributed by atoms with E-state index in [1.807, 2.05) is 54.6 Å². The molecular weight excluding hydrogens is 919 g/mol. The van der Waals surface area contributed by atoms with Crippen molar-refractivity contribution >= 4 is 34.4 Å². The Hall–Kier alpha value is -8.79. The molecule has 1 aliphatic carbocycles. The zero-order valence-corrected chi connectivity index (χ0v) is 45.7. The van der Waals surface area contributed by atoms with Gasteiger partial charge in [-0.15, -0.1) is 0 Å². The highest BCUT2D eigenvalue weighted by molar-refractivity contribution is 5.84. The van der Waals surface area contributed by atoms with Crippen LogP contribution in [0.2, 0.25) is 0 Å². The fraction of sp³-hybridized carbons (Fsp3) is 0.137. The van der Waals surface area contributed by atoms with E-state index in [0.717, 1.165) is 34.4 Å². The van der Waals surface area contributed by atoms with Crippen molar-refractivity contribution in [2.24, 2.45) is 0 Å². The molecule has 0 bridgehead atoms. The molecule has 3 nitrogen and oxygen atoms in total. The lowest BCUT2D eigenvalue weighted by Crippen LogP contribution is -2.18. The molecule has 11 rings (SSSR count). The smallest absolute Gasteiger partial charge is 0.140 e. The summed E-state index contributed by atoms with van der Waals surface area (Å²) in [5.41, 5.74) is 19.3. The number of allylic oxidation sites excluding steroid dienone is 4. The standard InChI is InChI=1S/C45H39N3.C7H10.3C7H8/c1-32-16-11-13-22-40(32)47(42-28-26-38(30-34(42)3)36-18-7-5-8-19-36)44-24-15-25-45(46-44)48(41-23-14-12-17-33(41)2)43-29-27-39(31-35(43)4)37-20-9-6-10-21-37;4*1-7-5-3-2-4-6-7/h5-31H,1-4H3;3,5-6H,2,4H2,1H3;3*2-6H,1H3. The average molecular weight is 992 g/mol. The molecule has 1 heterocycles. The first-order chi connectivity index (χ1) is 37.0. The molecule has 1 aliphatic rings. The number of aromatic nitrogens is 1. The van der Waals surface area contributed by atoms with E-state index in [1.165, 1.54) is 79.6 Å². The molecule has 0 spiro atoms. The number of pyridine rings is 1. The zero-order chi connectivity index (χ0) is 53.5. The van der Waals surface area contributed by atoms with E-state index in [4.69, 9.17) is 4.98 Å². The van der Waals surface area contributed by atoms with Crippen LogP contribution >= 0.6 is 0 Å². The first-order valence-electron chi connectivity index (χ1n) is 26.4. The Kier molecular flexibility index (Phi) is 20.7. The molecular formula is C73H73N3. The van der Waals surface area contributed by atoms with Crippen molar-refractivity contribution in [3.8, 4) is 22.3 Å². The van der Waals surface area contributed by atoms with Gasteiger partial charge in [-0.3, -0.25) is 9.80 Å². The minimum Gasteiger partial charge on any atom is -0.294 e. The summed E-state index contributed by atoms with van der Waals surface area (Å²) in [4.78, 5) is 10.0. The molecule has 9 aromatic carbocycles. The van der Waals surface area contributed by atoms with Crippen LogP contribution in [-0.4, -0.2) is 4.98 Å². The van der Waals surface area contributed by atoms with Gasteiger partial charge in [-0.25, -0.2) is 4.98 Å². The topological polar surface area (TPSA) is 19.4 Å². The number of nitrogens with zero attached hydrogens (tertiary/aromatic N) is 3. The summed E-state index contributed by atoms with van der Waals surface area (Å²) in [6.07, 6.45) is 9.12. The van der Waals surface area contributed by atoms with Gasteiger partial charge in [0.05, 0.1) is 22.7 Å². The summed E-state index contributed by atoms with van der Waals surface area (Å²) in [6.45, 7) is 17.1. The van der Waals surface area contributed by atoms with E-state index in [0.29, 0.717) is 0 Å². The van der Waals surface area contributed by atoms with Crippen LogP contribution in [0.4, 0.5) is 34.4 Å². The number of rotatable bonds is 8. The summed E-state index contributed by atoms with van der Waals surface area (Å²) in [7, 11) is 0. The van der Waals surface area contributed by atoms with Crippen LogP contribution in [0.5, 0.6) is 0 Å². The Morgan fingerprint density at radius 2 is 0.632 bits per heavy atom. The van der Waals surface area contributed by atoms with Gasteiger partial charge in [-0.1, -0.05) is 247 Å². The minimum absolute atomic E-state index is 0.856. The Bertz CT molecular complexity index is 3140. The summed E-state index contributed by atoms with van der Waals surface area (Å²) < 4.78 is 0. The maximum atomic E-state index is 5.46. The van der Waals surface area contributed by atoms with Gasteiger partial charge in [-0.2, -0.15) is 0 Å². The molecule has 0 saturated carbocycles. The molecule has 0 saturated heterocycles. The molecule has 0 aliphatic heterocycles. The number of anilines is 6. The van der Waals surface area contributed by atoms with E-state index in [1.54, 1.807) is 0 Å². The molecule has 10 aromatic rings. The van der Waals surface area contributed by atoms with E-state index in [9.17, 15) is 0 Å². The van der Waals surface area contributed by atoms with Crippen LogP contribution in [0.3, 0.4) is 0 Å². The van der Waals surface area contributed by atoms with E-state index in [2.05, 4.69) is 284 Å². The Labute approximate surface area is 454 Å². The highest BCUT2D eigenvalue weighted by atomic mass is 15.3. The molecule has 0 atom stereocenters. The van der Waals surface area contributed by atoms with Gasteiger partial charge in [-0.05, 0) is 161 Å². The van der Waals surface area contributed by atoms with Crippen molar-refractivity contribution in [3.63, 3.8) is 0 Å². The zero-order valence-electron chi connectivity index (χ0n) is 45.7. The third kappa shape index (κ3) is 16.1. The number of hydrogen-bond acceptors (Lipinski definition) is 3. The van der Waals surface area contributed by atoms with Crippen LogP contribution in [0, 0.1) is 48.5 Å². The molecule has 1 aromatic heterocycles. The number of para-hydroxylation sites is 2. The van der Waals surface area contributed by atoms with Crippen molar-refractivity contribution < 1.29 is 0 Å². The van der Waals surface area contributed by atoms with Crippen LogP contribution in [0.15, 0.2) is 279 Å². The predicted molar refractivity (Wildman–Crippen MR) is 329 cm³/mol. The van der Waals surface area contributed by atoms with Crippen molar-refractivity contribution in [1.29, 1.82) is 0 Å². The van der Waals surface area contributed by atoms with Gasteiger partial charge in [0.2, 0.25) is 0 Å². The number of benzene rings is 9. The molecule has 380 valence electrons. The molecule has 0 amide bonds. The molecule has 0 N–H and O–H groups in total. The van der Waals surface area contributed by atoms with E-state index >= 15 is 0 Å². The van der Waals surface area contributed by atoms with Crippen LogP contribution in [0.25, 0.3) is 22.3 Å². The molecule has 0 radical (unpaired) electrons. The van der Waals surface area contributed by atoms with E-state index in [-0.39, 0.29) is 0 Å². The predicted octanol–water partition coefficient (Wildman–Crippen LogP) is 20.9. The SMILES string of the molecule is CC1=CCCC=C1.Cc1ccccc1.Cc1ccccc1.Cc1ccccc1.Cc1ccccc1N(c1cccc(N(c2ccccc2C)c2ccc(-c3ccccc3)cc2C)n1)c1ccc(-c2ccccc2)cc1C. The van der Waals surface area contributed by atoms with Gasteiger partial charge in [0.1, 0.15) is 11.6 Å². The van der Waals surface area contributed by atoms with Gasteiger partial charge in [0.15, 0.2) is 0 Å². The fourth-order valence-electron chi connectivity index (χ4n) is 8.82. The Morgan fingerprint density at radius 1 is 0.289 bits per heavy atom. The van der Waals surface area contributed by atoms with E-state index < -0.39 is 0 Å². The summed E-state index contributed by atoms with van der Waals surface area (Å²) in [6, 6.07) is 88.7. The average Bonchev–Trinajstić information content (AvgIpc) is 3.46. The molecule has 76 heavy (non-hydrogen) atoms. The number of aryl methyl sites for hydroxylation is 7. The molecule has 0 fully saturated rings. The van der Waals surface area contributed by atoms with Crippen LogP contribution in [-0.2, 0) is 0 Å². The molecule has 3 heteroatoms. The van der Waals surface area contributed by atoms with Crippen LogP contribution in [0.1, 0.15) is 58.7 Å². The highest BCUT2D eigenvalue weighted by Gasteiger charge is 2.22. The maximum absolute atomic E-state index is 5.46.